The molecule has 0 bridgehead atoms. The summed E-state index contributed by atoms with van der Waals surface area (Å²) in [5.41, 5.74) is 7.89. The molecule has 4 nitrogen and oxygen atoms in total. The summed E-state index contributed by atoms with van der Waals surface area (Å²) in [5, 5.41) is 7.73. The molecule has 4 heteroatoms. The van der Waals surface area contributed by atoms with E-state index in [9.17, 15) is 9.59 Å². The molecule has 3 aromatic carbocycles. The maximum atomic E-state index is 13.4. The molecule has 0 fully saturated rings. The van der Waals surface area contributed by atoms with E-state index >= 15 is 0 Å². The Hall–Kier alpha value is -4.57. The Morgan fingerprint density at radius 2 is 1.46 bits per heavy atom. The molecule has 0 amide bonds. The lowest BCUT2D eigenvalue weighted by Gasteiger charge is -2.25. The molecular weight excluding hydrogens is 432 g/mol. The van der Waals surface area contributed by atoms with Crippen LogP contribution in [0.4, 0.5) is 0 Å². The van der Waals surface area contributed by atoms with Crippen LogP contribution >= 0.6 is 0 Å². The van der Waals surface area contributed by atoms with Crippen LogP contribution < -0.4 is 0 Å². The van der Waals surface area contributed by atoms with Crippen LogP contribution in [0.15, 0.2) is 97.1 Å². The van der Waals surface area contributed by atoms with Crippen LogP contribution in [-0.4, -0.2) is 21.3 Å². The van der Waals surface area contributed by atoms with Gasteiger partial charge in [-0.2, -0.15) is 5.10 Å². The molecule has 0 aliphatic heterocycles. The molecule has 1 heterocycles. The number of ketones is 2. The van der Waals surface area contributed by atoms with E-state index in [1.807, 2.05) is 41.1 Å². The Labute approximate surface area is 201 Å². The van der Waals surface area contributed by atoms with Crippen molar-refractivity contribution < 1.29 is 9.59 Å². The van der Waals surface area contributed by atoms with E-state index in [2.05, 4.69) is 37.4 Å². The third kappa shape index (κ3) is 2.43. The average Bonchev–Trinajstić information content (AvgIpc) is 3.28. The Bertz CT molecular complexity index is 1810. The molecule has 3 aliphatic carbocycles. The summed E-state index contributed by atoms with van der Waals surface area (Å²) in [6, 6.07) is 15.8. The van der Waals surface area contributed by atoms with Crippen LogP contribution in [0.5, 0.6) is 0 Å². The lowest BCUT2D eigenvalue weighted by molar-refractivity contribution is 0.103. The summed E-state index contributed by atoms with van der Waals surface area (Å²) in [4.78, 5) is 26.6. The molecule has 0 saturated heterocycles. The van der Waals surface area contributed by atoms with Crippen LogP contribution in [-0.2, 0) is 0 Å². The van der Waals surface area contributed by atoms with Crippen molar-refractivity contribution in [3.05, 3.63) is 120 Å². The molecule has 0 unspecified atom stereocenters. The van der Waals surface area contributed by atoms with E-state index in [4.69, 9.17) is 5.10 Å². The van der Waals surface area contributed by atoms with Crippen molar-refractivity contribution in [1.29, 1.82) is 0 Å². The zero-order valence-electron chi connectivity index (χ0n) is 19.0. The molecule has 166 valence electrons. The number of allylic oxidation sites excluding steroid dienone is 8. The second-order valence-corrected chi connectivity index (χ2v) is 9.03. The number of fused-ring (bicyclic) bond motifs is 2. The fraction of sp³-hybridized carbons (Fsp3) is 0.0645. The zero-order chi connectivity index (χ0) is 23.8. The molecule has 4 aromatic rings. The molecular formula is C31H20N2O2. The predicted octanol–water partition coefficient (Wildman–Crippen LogP) is 6.80. The number of carbonyl (C=O) groups is 2. The maximum absolute atomic E-state index is 13.4. The van der Waals surface area contributed by atoms with Gasteiger partial charge in [0, 0.05) is 44.0 Å². The van der Waals surface area contributed by atoms with Crippen molar-refractivity contribution in [3.8, 4) is 5.69 Å². The number of aromatic nitrogens is 2. The second-order valence-electron chi connectivity index (χ2n) is 9.03. The first-order valence-corrected chi connectivity index (χ1v) is 11.7. The van der Waals surface area contributed by atoms with Gasteiger partial charge in [-0.25, -0.2) is 4.68 Å². The van der Waals surface area contributed by atoms with Gasteiger partial charge in [0.2, 0.25) is 0 Å². The lowest BCUT2D eigenvalue weighted by Crippen LogP contribution is -2.15. The van der Waals surface area contributed by atoms with Crippen molar-refractivity contribution >= 4 is 44.4 Å². The third-order valence-electron chi connectivity index (χ3n) is 7.33. The minimum Gasteiger partial charge on any atom is -0.289 e. The van der Waals surface area contributed by atoms with Crippen LogP contribution in [0, 0.1) is 0 Å². The summed E-state index contributed by atoms with van der Waals surface area (Å²) < 4.78 is 1.89. The van der Waals surface area contributed by atoms with Crippen molar-refractivity contribution in [3.63, 3.8) is 0 Å². The number of hydrogen-bond donors (Lipinski definition) is 0. The monoisotopic (exact) mass is 452 g/mol. The van der Waals surface area contributed by atoms with E-state index in [0.29, 0.717) is 16.7 Å². The number of Topliss-reactive ketones (excluding diaryl/α,β-unsaturated/α-hetero) is 2. The van der Waals surface area contributed by atoms with Gasteiger partial charge >= 0.3 is 0 Å². The molecule has 3 aliphatic rings. The van der Waals surface area contributed by atoms with Gasteiger partial charge in [-0.15, -0.1) is 0 Å². The predicted molar refractivity (Wildman–Crippen MR) is 140 cm³/mol. The summed E-state index contributed by atoms with van der Waals surface area (Å²) in [7, 11) is 0. The Balaban J connectivity index is 1.58. The molecule has 0 radical (unpaired) electrons. The van der Waals surface area contributed by atoms with Crippen LogP contribution in [0.25, 0.3) is 38.5 Å². The lowest BCUT2D eigenvalue weighted by atomic mass is 9.78. The highest BCUT2D eigenvalue weighted by atomic mass is 16.1. The van der Waals surface area contributed by atoms with E-state index in [1.54, 1.807) is 12.2 Å². The van der Waals surface area contributed by atoms with Gasteiger partial charge in [0.05, 0.1) is 11.2 Å². The van der Waals surface area contributed by atoms with Gasteiger partial charge in [0.25, 0.3) is 0 Å². The van der Waals surface area contributed by atoms with E-state index in [0.717, 1.165) is 68.2 Å². The number of hydrogen-bond acceptors (Lipinski definition) is 3. The number of rotatable bonds is 3. The van der Waals surface area contributed by atoms with Gasteiger partial charge in [-0.3, -0.25) is 9.59 Å². The van der Waals surface area contributed by atoms with Crippen LogP contribution in [0.2, 0.25) is 0 Å². The van der Waals surface area contributed by atoms with Gasteiger partial charge in [-0.1, -0.05) is 73.9 Å². The number of nitrogens with zero attached hydrogens (tertiary/aromatic N) is 2. The van der Waals surface area contributed by atoms with Gasteiger partial charge in [0.1, 0.15) is 5.69 Å². The number of carbonyl (C=O) groups excluding carboxylic acids is 2. The minimum absolute atomic E-state index is 0.0707. The SMILES string of the molecule is C=CC1=C(C=C)c2nn(-c3ccc4c5c(cccc35)C(=O)C3=CCCC=C34)c3cccc(c23)C1=O. The first-order chi connectivity index (χ1) is 17.1. The topological polar surface area (TPSA) is 52.0 Å². The highest BCUT2D eigenvalue weighted by molar-refractivity contribution is 6.30. The zero-order valence-corrected chi connectivity index (χ0v) is 19.0. The quantitative estimate of drug-likeness (QED) is 0.343. The van der Waals surface area contributed by atoms with Crippen molar-refractivity contribution in [1.82, 2.24) is 9.78 Å². The first-order valence-electron chi connectivity index (χ1n) is 11.7. The van der Waals surface area contributed by atoms with Crippen molar-refractivity contribution in [2.45, 2.75) is 12.8 Å². The highest BCUT2D eigenvalue weighted by Crippen LogP contribution is 2.44. The van der Waals surface area contributed by atoms with Crippen molar-refractivity contribution in [2.24, 2.45) is 0 Å². The first kappa shape index (κ1) is 19.9. The fourth-order valence-corrected chi connectivity index (χ4v) is 5.82. The minimum atomic E-state index is -0.0707. The molecule has 0 spiro atoms. The maximum Gasteiger partial charge on any atom is 0.194 e. The summed E-state index contributed by atoms with van der Waals surface area (Å²) in [5.74, 6) is 0.00843. The van der Waals surface area contributed by atoms with Gasteiger partial charge < -0.3 is 0 Å². The van der Waals surface area contributed by atoms with E-state index in [-0.39, 0.29) is 11.6 Å². The van der Waals surface area contributed by atoms with Crippen molar-refractivity contribution in [2.75, 3.05) is 0 Å². The standard InChI is InChI=1S/C31H20N2O2/c1-3-17-18(4-2)30(34)24-13-8-14-26-28(24)29(17)32-33(26)25-16-15-20-19-9-5-6-10-21(19)31(35)23-12-7-11-22(25)27(20)23/h3-4,7-16H,1-2,5-6H2. The average molecular weight is 453 g/mol. The van der Waals surface area contributed by atoms with Gasteiger partial charge in [-0.05, 0) is 36.1 Å². The smallest absolute Gasteiger partial charge is 0.194 e. The molecule has 35 heavy (non-hydrogen) atoms. The summed E-state index contributed by atoms with van der Waals surface area (Å²) in [6.07, 6.45) is 9.33. The molecule has 0 atom stereocenters. The molecule has 0 N–H and O–H groups in total. The van der Waals surface area contributed by atoms with Crippen LogP contribution in [0.1, 0.15) is 44.8 Å². The molecule has 0 saturated carbocycles. The second kappa shape index (κ2) is 6.97. The Morgan fingerprint density at radius 1 is 0.743 bits per heavy atom. The molecule has 1 aromatic heterocycles. The number of benzene rings is 3. The summed E-state index contributed by atoms with van der Waals surface area (Å²) >= 11 is 0. The van der Waals surface area contributed by atoms with E-state index < -0.39 is 0 Å². The largest absolute Gasteiger partial charge is 0.289 e. The van der Waals surface area contributed by atoms with E-state index in [1.165, 1.54) is 0 Å². The molecule has 7 rings (SSSR count). The summed E-state index contributed by atoms with van der Waals surface area (Å²) in [6.45, 7) is 7.79. The Morgan fingerprint density at radius 3 is 2.23 bits per heavy atom. The van der Waals surface area contributed by atoms with Crippen LogP contribution in [0.3, 0.4) is 0 Å². The fourth-order valence-electron chi connectivity index (χ4n) is 5.82. The highest BCUT2D eigenvalue weighted by Gasteiger charge is 2.31. The third-order valence-corrected chi connectivity index (χ3v) is 7.33. The normalized spacial score (nSPS) is 16.3. The Kier molecular flexibility index (Phi) is 3.95. The van der Waals surface area contributed by atoms with Gasteiger partial charge in [0.15, 0.2) is 11.6 Å².